The Bertz CT molecular complexity index is 740. The first kappa shape index (κ1) is 16.5. The van der Waals surface area contributed by atoms with Crippen LogP contribution < -0.4 is 0 Å². The van der Waals surface area contributed by atoms with Gasteiger partial charge in [-0.15, -0.1) is 0 Å². The highest BCUT2D eigenvalue weighted by Gasteiger charge is 2.34. The van der Waals surface area contributed by atoms with E-state index in [9.17, 15) is 22.4 Å². The summed E-state index contributed by atoms with van der Waals surface area (Å²) in [7, 11) is 0. The number of nitrogens with zero attached hydrogens (tertiary/aromatic N) is 2. The van der Waals surface area contributed by atoms with Gasteiger partial charge in [0, 0.05) is 6.20 Å². The zero-order chi connectivity index (χ0) is 16.8. The predicted octanol–water partition coefficient (Wildman–Crippen LogP) is 4.23. The molecule has 4 nitrogen and oxygen atoms in total. The maximum Gasteiger partial charge on any atom is 0.417 e. The number of carboxylic acid groups (broad SMARTS) is 1. The third-order valence-corrected chi connectivity index (χ3v) is 3.35. The Kier molecular flexibility index (Phi) is 4.08. The fraction of sp³-hybridized carbons (Fsp3) is 0.385. The van der Waals surface area contributed by atoms with Gasteiger partial charge in [0.15, 0.2) is 5.65 Å². The number of halogens is 5. The molecule has 0 amide bonds. The van der Waals surface area contributed by atoms with Gasteiger partial charge in [-0.3, -0.25) is 4.40 Å². The van der Waals surface area contributed by atoms with E-state index in [0.717, 1.165) is 4.40 Å². The van der Waals surface area contributed by atoms with Crippen LogP contribution >= 0.6 is 11.6 Å². The van der Waals surface area contributed by atoms with E-state index in [1.54, 1.807) is 13.8 Å². The molecule has 0 fully saturated rings. The molecule has 2 rings (SSSR count). The molecule has 0 aromatic carbocycles. The third-order valence-electron chi connectivity index (χ3n) is 3.07. The van der Waals surface area contributed by atoms with Gasteiger partial charge in [-0.25, -0.2) is 14.2 Å². The molecule has 0 saturated heterocycles. The minimum absolute atomic E-state index is 0.0520. The van der Waals surface area contributed by atoms with Crippen molar-refractivity contribution in [3.05, 3.63) is 34.2 Å². The average molecular weight is 339 g/mol. The largest absolute Gasteiger partial charge is 0.479 e. The van der Waals surface area contributed by atoms with Crippen molar-refractivity contribution in [2.24, 2.45) is 0 Å². The van der Waals surface area contributed by atoms with Gasteiger partial charge in [0.05, 0.1) is 22.0 Å². The highest BCUT2D eigenvalue weighted by molar-refractivity contribution is 6.33. The molecule has 0 radical (unpaired) electrons. The fourth-order valence-corrected chi connectivity index (χ4v) is 2.34. The number of aromatic nitrogens is 2. The Balaban J connectivity index is 2.86. The van der Waals surface area contributed by atoms with Gasteiger partial charge in [0.25, 0.3) is 0 Å². The molecule has 2 heterocycles. The van der Waals surface area contributed by atoms with Gasteiger partial charge in [0.2, 0.25) is 6.17 Å². The maximum absolute atomic E-state index is 14.0. The summed E-state index contributed by atoms with van der Waals surface area (Å²) in [6.45, 7) is 3.25. The predicted molar refractivity (Wildman–Crippen MR) is 70.8 cm³/mol. The second-order valence-corrected chi connectivity index (χ2v) is 5.41. The minimum Gasteiger partial charge on any atom is -0.479 e. The first-order valence-corrected chi connectivity index (χ1v) is 6.57. The molecular formula is C13H11ClF4N2O2. The van der Waals surface area contributed by atoms with Gasteiger partial charge >= 0.3 is 12.1 Å². The molecule has 1 N–H and O–H groups in total. The summed E-state index contributed by atoms with van der Waals surface area (Å²) in [4.78, 5) is 14.9. The topological polar surface area (TPSA) is 54.6 Å². The molecule has 0 spiro atoms. The number of aliphatic carboxylic acids is 1. The molecule has 0 aliphatic carbocycles. The summed E-state index contributed by atoms with van der Waals surface area (Å²) < 4.78 is 53.3. The number of fused-ring (bicyclic) bond motifs is 1. The van der Waals surface area contributed by atoms with Gasteiger partial charge in [-0.05, 0) is 12.0 Å². The van der Waals surface area contributed by atoms with Crippen LogP contribution in [-0.2, 0) is 11.0 Å². The van der Waals surface area contributed by atoms with Gasteiger partial charge < -0.3 is 5.11 Å². The molecular weight excluding hydrogens is 328 g/mol. The SMILES string of the molecule is CC(C)c1nc2c(Cl)cc(C(F)(F)F)cn2c1C(F)C(=O)O. The number of rotatable bonds is 3. The number of hydrogen-bond acceptors (Lipinski definition) is 2. The molecule has 1 atom stereocenters. The summed E-state index contributed by atoms with van der Waals surface area (Å²) in [6, 6.07) is 0.672. The van der Waals surface area contributed by atoms with E-state index in [1.165, 1.54) is 0 Å². The second-order valence-electron chi connectivity index (χ2n) is 5.01. The van der Waals surface area contributed by atoms with Crippen molar-refractivity contribution in [2.75, 3.05) is 0 Å². The van der Waals surface area contributed by atoms with Crippen LogP contribution in [0.5, 0.6) is 0 Å². The van der Waals surface area contributed by atoms with E-state index in [0.29, 0.717) is 12.3 Å². The maximum atomic E-state index is 14.0. The fourth-order valence-electron chi connectivity index (χ4n) is 2.09. The van der Waals surface area contributed by atoms with Crippen molar-refractivity contribution in [3.63, 3.8) is 0 Å². The quantitative estimate of drug-likeness (QED) is 0.852. The number of carbonyl (C=O) groups is 1. The molecule has 2 aromatic rings. The van der Waals surface area contributed by atoms with E-state index in [4.69, 9.17) is 16.7 Å². The second kappa shape index (κ2) is 5.42. The van der Waals surface area contributed by atoms with Crippen LogP contribution in [0.1, 0.15) is 42.9 Å². The van der Waals surface area contributed by atoms with Crippen LogP contribution in [0.15, 0.2) is 12.3 Å². The monoisotopic (exact) mass is 338 g/mol. The molecule has 2 aromatic heterocycles. The molecule has 120 valence electrons. The van der Waals surface area contributed by atoms with Crippen molar-refractivity contribution in [3.8, 4) is 0 Å². The highest BCUT2D eigenvalue weighted by Crippen LogP contribution is 2.36. The summed E-state index contributed by atoms with van der Waals surface area (Å²) in [5.74, 6) is -2.20. The summed E-state index contributed by atoms with van der Waals surface area (Å²) in [5, 5.41) is 8.51. The number of alkyl halides is 4. The minimum atomic E-state index is -4.70. The zero-order valence-electron chi connectivity index (χ0n) is 11.4. The van der Waals surface area contributed by atoms with E-state index in [1.807, 2.05) is 0 Å². The normalized spacial score (nSPS) is 13.8. The first-order chi connectivity index (χ1) is 10.0. The van der Waals surface area contributed by atoms with Crippen LogP contribution in [0.3, 0.4) is 0 Å². The lowest BCUT2D eigenvalue weighted by Gasteiger charge is -2.11. The zero-order valence-corrected chi connectivity index (χ0v) is 12.2. The van der Waals surface area contributed by atoms with E-state index in [-0.39, 0.29) is 16.4 Å². The molecule has 0 saturated carbocycles. The molecule has 0 bridgehead atoms. The van der Waals surface area contributed by atoms with Gasteiger partial charge in [-0.2, -0.15) is 13.2 Å². The van der Waals surface area contributed by atoms with Crippen molar-refractivity contribution < 1.29 is 27.5 Å². The first-order valence-electron chi connectivity index (χ1n) is 6.19. The average Bonchev–Trinajstić information content (AvgIpc) is 2.76. The highest BCUT2D eigenvalue weighted by atomic mass is 35.5. The third kappa shape index (κ3) is 2.75. The number of carboxylic acids is 1. The van der Waals surface area contributed by atoms with Crippen LogP contribution in [0.25, 0.3) is 5.65 Å². The van der Waals surface area contributed by atoms with Crippen LogP contribution in [0.4, 0.5) is 17.6 Å². The Morgan fingerprint density at radius 3 is 2.45 bits per heavy atom. The number of pyridine rings is 1. The van der Waals surface area contributed by atoms with E-state index in [2.05, 4.69) is 4.98 Å². The number of hydrogen-bond donors (Lipinski definition) is 1. The Morgan fingerprint density at radius 1 is 1.41 bits per heavy atom. The molecule has 1 unspecified atom stereocenters. The van der Waals surface area contributed by atoms with E-state index >= 15 is 0 Å². The standard InChI is InChI=1S/C13H11ClF4N2O2/c1-5(2)9-10(8(15)12(21)22)20-4-6(13(16,17)18)3-7(14)11(20)19-9/h3-5,8H,1-2H3,(H,21,22). The van der Waals surface area contributed by atoms with Crippen LogP contribution in [-0.4, -0.2) is 20.5 Å². The van der Waals surface area contributed by atoms with Crippen molar-refractivity contribution >= 4 is 23.2 Å². The Labute approximate surface area is 127 Å². The molecule has 9 heteroatoms. The Hall–Kier alpha value is -1.83. The van der Waals surface area contributed by atoms with Crippen molar-refractivity contribution in [2.45, 2.75) is 32.1 Å². The summed E-state index contributed by atoms with van der Waals surface area (Å²) >= 11 is 5.79. The van der Waals surface area contributed by atoms with Crippen molar-refractivity contribution in [1.29, 1.82) is 0 Å². The molecule has 22 heavy (non-hydrogen) atoms. The molecule has 0 aliphatic heterocycles. The summed E-state index contributed by atoms with van der Waals surface area (Å²) in [6.07, 6.45) is -6.61. The molecule has 0 aliphatic rings. The smallest absolute Gasteiger partial charge is 0.417 e. The summed E-state index contributed by atoms with van der Waals surface area (Å²) in [5.41, 5.74) is -1.63. The Morgan fingerprint density at radius 2 is 2.00 bits per heavy atom. The van der Waals surface area contributed by atoms with E-state index < -0.39 is 35.5 Å². The van der Waals surface area contributed by atoms with Crippen LogP contribution in [0, 0.1) is 0 Å². The van der Waals surface area contributed by atoms with Crippen LogP contribution in [0.2, 0.25) is 5.02 Å². The van der Waals surface area contributed by atoms with Gasteiger partial charge in [0.1, 0.15) is 0 Å². The van der Waals surface area contributed by atoms with Crippen molar-refractivity contribution in [1.82, 2.24) is 9.38 Å². The number of imidazole rings is 1. The lowest BCUT2D eigenvalue weighted by atomic mass is 10.1. The lowest BCUT2D eigenvalue weighted by molar-refractivity contribution is -0.143. The lowest BCUT2D eigenvalue weighted by Crippen LogP contribution is -2.13. The van der Waals surface area contributed by atoms with Gasteiger partial charge in [-0.1, -0.05) is 25.4 Å².